The molecule has 1 aliphatic heterocycles. The van der Waals surface area contributed by atoms with Crippen molar-refractivity contribution >= 4 is 44.7 Å². The van der Waals surface area contributed by atoms with Gasteiger partial charge in [-0.1, -0.05) is 6.07 Å². The van der Waals surface area contributed by atoms with Crippen LogP contribution >= 0.6 is 15.9 Å². The quantitative estimate of drug-likeness (QED) is 0.485. The van der Waals surface area contributed by atoms with Crippen LogP contribution in [0.4, 0.5) is 8.78 Å². The zero-order valence-corrected chi connectivity index (χ0v) is 18.8. The lowest BCUT2D eigenvalue weighted by atomic mass is 10.1. The van der Waals surface area contributed by atoms with Gasteiger partial charge in [0.15, 0.2) is 0 Å². The Labute approximate surface area is 192 Å². The first-order chi connectivity index (χ1) is 15.4. The van der Waals surface area contributed by atoms with Crippen LogP contribution in [0, 0.1) is 11.6 Å². The van der Waals surface area contributed by atoms with Gasteiger partial charge in [-0.15, -0.1) is 0 Å². The van der Waals surface area contributed by atoms with Crippen molar-refractivity contribution in [1.29, 1.82) is 0 Å². The van der Waals surface area contributed by atoms with Crippen LogP contribution in [0.3, 0.4) is 0 Å². The molecule has 1 fully saturated rings. The highest BCUT2D eigenvalue weighted by Crippen LogP contribution is 2.21. The summed E-state index contributed by atoms with van der Waals surface area (Å²) in [4.78, 5) is 30.0. The average molecular weight is 502 g/mol. The van der Waals surface area contributed by atoms with Crippen LogP contribution in [0.15, 0.2) is 53.1 Å². The van der Waals surface area contributed by atoms with Gasteiger partial charge >= 0.3 is 0 Å². The first kappa shape index (κ1) is 22.2. The molecule has 4 rings (SSSR count). The third kappa shape index (κ3) is 4.91. The van der Waals surface area contributed by atoms with Gasteiger partial charge in [0.05, 0.1) is 4.47 Å². The van der Waals surface area contributed by atoms with E-state index in [0.717, 1.165) is 22.9 Å². The number of hydrogen-bond acceptors (Lipinski definition) is 2. The van der Waals surface area contributed by atoms with Crippen LogP contribution in [-0.2, 0) is 16.0 Å². The number of halogens is 3. The lowest BCUT2D eigenvalue weighted by Crippen LogP contribution is -2.45. The van der Waals surface area contributed by atoms with Crippen molar-refractivity contribution in [3.63, 3.8) is 0 Å². The fraction of sp³-hybridized carbons (Fsp3) is 0.250. The molecule has 2 aromatic carbocycles. The molecule has 2 amide bonds. The maximum Gasteiger partial charge on any atom is 0.247 e. The van der Waals surface area contributed by atoms with Gasteiger partial charge in [0.1, 0.15) is 17.7 Å². The fourth-order valence-corrected chi connectivity index (χ4v) is 4.37. The molecule has 2 N–H and O–H groups in total. The second kappa shape index (κ2) is 9.65. The number of nitrogens with one attached hydrogen (secondary N) is 2. The SMILES string of the molecule is O=C(NCCc1c[nH]c2ccc(F)cc12)[C@@H]1CCCN1C(=O)/C=C/c1ccc(F)c(Br)c1. The van der Waals surface area contributed by atoms with Crippen LogP contribution < -0.4 is 5.32 Å². The van der Waals surface area contributed by atoms with Gasteiger partial charge in [-0.25, -0.2) is 8.78 Å². The van der Waals surface area contributed by atoms with Crippen molar-refractivity contribution in [2.24, 2.45) is 0 Å². The number of rotatable bonds is 6. The molecule has 5 nitrogen and oxygen atoms in total. The minimum atomic E-state index is -0.521. The molecule has 1 aliphatic rings. The molecule has 166 valence electrons. The second-order valence-electron chi connectivity index (χ2n) is 7.74. The second-order valence-corrected chi connectivity index (χ2v) is 8.60. The Morgan fingerprint density at radius 2 is 2.06 bits per heavy atom. The summed E-state index contributed by atoms with van der Waals surface area (Å²) < 4.78 is 27.2. The van der Waals surface area contributed by atoms with Gasteiger partial charge in [0.2, 0.25) is 11.8 Å². The molecule has 0 saturated carbocycles. The van der Waals surface area contributed by atoms with Gasteiger partial charge in [-0.05, 0) is 82.7 Å². The van der Waals surface area contributed by atoms with Crippen molar-refractivity contribution in [1.82, 2.24) is 15.2 Å². The summed E-state index contributed by atoms with van der Waals surface area (Å²) in [6.07, 6.45) is 6.74. The lowest BCUT2D eigenvalue weighted by Gasteiger charge is -2.22. The van der Waals surface area contributed by atoms with Gasteiger partial charge in [-0.3, -0.25) is 9.59 Å². The first-order valence-electron chi connectivity index (χ1n) is 10.4. The zero-order chi connectivity index (χ0) is 22.7. The molecule has 1 saturated heterocycles. The van der Waals surface area contributed by atoms with E-state index in [2.05, 4.69) is 26.2 Å². The van der Waals surface area contributed by atoms with Crippen LogP contribution in [0.5, 0.6) is 0 Å². The van der Waals surface area contributed by atoms with Crippen molar-refractivity contribution in [2.75, 3.05) is 13.1 Å². The molecular formula is C24H22BrF2N3O2. The Hall–Kier alpha value is -3.00. The van der Waals surface area contributed by atoms with E-state index in [9.17, 15) is 18.4 Å². The zero-order valence-electron chi connectivity index (χ0n) is 17.2. The van der Waals surface area contributed by atoms with E-state index in [4.69, 9.17) is 0 Å². The topological polar surface area (TPSA) is 65.2 Å². The molecule has 0 unspecified atom stereocenters. The third-order valence-electron chi connectivity index (χ3n) is 5.62. The van der Waals surface area contributed by atoms with E-state index in [1.165, 1.54) is 24.3 Å². The minimum Gasteiger partial charge on any atom is -0.361 e. The van der Waals surface area contributed by atoms with Gasteiger partial charge < -0.3 is 15.2 Å². The molecule has 0 bridgehead atoms. The lowest BCUT2D eigenvalue weighted by molar-refractivity contribution is -0.135. The van der Waals surface area contributed by atoms with Crippen LogP contribution in [0.2, 0.25) is 0 Å². The molecule has 3 aromatic rings. The van der Waals surface area contributed by atoms with E-state index >= 15 is 0 Å². The molecule has 0 radical (unpaired) electrons. The molecule has 2 heterocycles. The molecule has 0 aliphatic carbocycles. The summed E-state index contributed by atoms with van der Waals surface area (Å²) in [5.41, 5.74) is 2.45. The number of aromatic amines is 1. The largest absolute Gasteiger partial charge is 0.361 e. The number of carbonyl (C=O) groups is 2. The highest BCUT2D eigenvalue weighted by molar-refractivity contribution is 9.10. The van der Waals surface area contributed by atoms with Crippen LogP contribution in [0.25, 0.3) is 17.0 Å². The molecule has 1 atom stereocenters. The number of benzene rings is 2. The normalized spacial score (nSPS) is 16.2. The fourth-order valence-electron chi connectivity index (χ4n) is 3.98. The summed E-state index contributed by atoms with van der Waals surface area (Å²) in [6.45, 7) is 0.899. The predicted molar refractivity (Wildman–Crippen MR) is 123 cm³/mol. The number of amides is 2. The standard InChI is InChI=1S/C24H22BrF2N3O2/c25-19-12-15(3-6-20(19)27)4-8-23(31)30-11-1-2-22(30)24(32)28-10-9-16-14-29-21-7-5-17(26)13-18(16)21/h3-8,12-14,22,29H,1-2,9-11H2,(H,28,32)/b8-4+/t22-/m0/s1. The Kier molecular flexibility index (Phi) is 6.69. The Bertz CT molecular complexity index is 1190. The van der Waals surface area contributed by atoms with E-state index in [1.807, 2.05) is 6.20 Å². The van der Waals surface area contributed by atoms with Gasteiger partial charge in [0, 0.05) is 36.3 Å². The Balaban J connectivity index is 1.34. The Morgan fingerprint density at radius 3 is 2.88 bits per heavy atom. The number of nitrogens with zero attached hydrogens (tertiary/aromatic N) is 1. The minimum absolute atomic E-state index is 0.195. The summed E-state index contributed by atoms with van der Waals surface area (Å²) in [7, 11) is 0. The predicted octanol–water partition coefficient (Wildman–Crippen LogP) is 4.57. The van der Waals surface area contributed by atoms with Crippen LogP contribution in [-0.4, -0.2) is 40.8 Å². The van der Waals surface area contributed by atoms with E-state index in [0.29, 0.717) is 36.0 Å². The molecule has 8 heteroatoms. The number of likely N-dealkylation sites (tertiary alicyclic amines) is 1. The molecule has 1 aromatic heterocycles. The summed E-state index contributed by atoms with van der Waals surface area (Å²) in [5, 5.41) is 3.70. The van der Waals surface area contributed by atoms with Crippen LogP contribution in [0.1, 0.15) is 24.0 Å². The van der Waals surface area contributed by atoms with E-state index in [1.54, 1.807) is 29.2 Å². The number of fused-ring (bicyclic) bond motifs is 1. The number of hydrogen-bond donors (Lipinski definition) is 2. The number of aromatic nitrogens is 1. The summed E-state index contributed by atoms with van der Waals surface area (Å²) >= 11 is 3.13. The maximum atomic E-state index is 13.5. The highest BCUT2D eigenvalue weighted by atomic mass is 79.9. The first-order valence-corrected chi connectivity index (χ1v) is 11.2. The monoisotopic (exact) mass is 501 g/mol. The highest BCUT2D eigenvalue weighted by Gasteiger charge is 2.32. The van der Waals surface area contributed by atoms with E-state index < -0.39 is 6.04 Å². The van der Waals surface area contributed by atoms with Crippen molar-refractivity contribution in [2.45, 2.75) is 25.3 Å². The van der Waals surface area contributed by atoms with Gasteiger partial charge in [0.25, 0.3) is 0 Å². The number of H-pyrrole nitrogens is 1. The van der Waals surface area contributed by atoms with Crippen molar-refractivity contribution in [3.8, 4) is 0 Å². The summed E-state index contributed by atoms with van der Waals surface area (Å²) in [6, 6.07) is 8.53. The van der Waals surface area contributed by atoms with Crippen molar-refractivity contribution < 1.29 is 18.4 Å². The molecule has 32 heavy (non-hydrogen) atoms. The smallest absolute Gasteiger partial charge is 0.247 e. The third-order valence-corrected chi connectivity index (χ3v) is 6.23. The number of carbonyl (C=O) groups excluding carboxylic acids is 2. The Morgan fingerprint density at radius 1 is 1.22 bits per heavy atom. The summed E-state index contributed by atoms with van der Waals surface area (Å²) in [5.74, 6) is -1.12. The van der Waals surface area contributed by atoms with E-state index in [-0.39, 0.29) is 23.4 Å². The van der Waals surface area contributed by atoms with Gasteiger partial charge in [-0.2, -0.15) is 0 Å². The molecule has 0 spiro atoms. The van der Waals surface area contributed by atoms with Crippen molar-refractivity contribution in [3.05, 3.63) is 75.9 Å². The maximum absolute atomic E-state index is 13.5. The average Bonchev–Trinajstić information content (AvgIpc) is 3.42. The molecular weight excluding hydrogens is 480 g/mol.